The Morgan fingerprint density at radius 3 is 2.49 bits per heavy atom. The second kappa shape index (κ2) is 10.4. The first-order valence-corrected chi connectivity index (χ1v) is 12.6. The molecule has 1 aliphatic rings. The Hall–Kier alpha value is -3.56. The Bertz CT molecular complexity index is 1340. The van der Waals surface area contributed by atoms with Crippen molar-refractivity contribution in [3.63, 3.8) is 0 Å². The Kier molecular flexibility index (Phi) is 7.28. The Balaban J connectivity index is 1.40. The molecule has 35 heavy (non-hydrogen) atoms. The molecule has 7 nitrogen and oxygen atoms in total. The van der Waals surface area contributed by atoms with Gasteiger partial charge in [0.15, 0.2) is 6.10 Å². The SMILES string of the molecule is CC(OC(=O)c1cccc(S(=O)(=O)N2CCc3ccccc3C2)c1)C(=O)NCc1ccc(F)cc1. The summed E-state index contributed by atoms with van der Waals surface area (Å²) in [6.45, 7) is 2.18. The Morgan fingerprint density at radius 1 is 1.03 bits per heavy atom. The van der Waals surface area contributed by atoms with E-state index in [2.05, 4.69) is 5.32 Å². The van der Waals surface area contributed by atoms with Crippen LogP contribution >= 0.6 is 0 Å². The van der Waals surface area contributed by atoms with Gasteiger partial charge in [-0.25, -0.2) is 17.6 Å². The number of ether oxygens (including phenoxy) is 1. The predicted molar refractivity (Wildman–Crippen MR) is 127 cm³/mol. The fourth-order valence-corrected chi connectivity index (χ4v) is 5.29. The molecule has 0 saturated carbocycles. The molecule has 1 N–H and O–H groups in total. The van der Waals surface area contributed by atoms with Crippen LogP contribution in [0.3, 0.4) is 0 Å². The fraction of sp³-hybridized carbons (Fsp3) is 0.231. The summed E-state index contributed by atoms with van der Waals surface area (Å²) in [5.41, 5.74) is 2.81. The second-order valence-electron chi connectivity index (χ2n) is 8.28. The average Bonchev–Trinajstić information content (AvgIpc) is 2.87. The summed E-state index contributed by atoms with van der Waals surface area (Å²) in [5.74, 6) is -1.72. The van der Waals surface area contributed by atoms with Crippen molar-refractivity contribution in [3.8, 4) is 0 Å². The van der Waals surface area contributed by atoms with Crippen LogP contribution in [0.4, 0.5) is 4.39 Å². The lowest BCUT2D eigenvalue weighted by molar-refractivity contribution is -0.129. The van der Waals surface area contributed by atoms with Gasteiger partial charge in [-0.1, -0.05) is 42.5 Å². The molecule has 0 fully saturated rings. The maximum atomic E-state index is 13.2. The molecule has 0 spiro atoms. The van der Waals surface area contributed by atoms with Gasteiger partial charge in [0.1, 0.15) is 5.82 Å². The van der Waals surface area contributed by atoms with Crippen molar-refractivity contribution < 1.29 is 27.1 Å². The van der Waals surface area contributed by atoms with E-state index in [4.69, 9.17) is 4.74 Å². The van der Waals surface area contributed by atoms with E-state index in [0.29, 0.717) is 18.5 Å². The van der Waals surface area contributed by atoms with Gasteiger partial charge in [0.05, 0.1) is 10.5 Å². The maximum absolute atomic E-state index is 13.2. The second-order valence-corrected chi connectivity index (χ2v) is 10.2. The Labute approximate surface area is 203 Å². The van der Waals surface area contributed by atoms with Crippen molar-refractivity contribution >= 4 is 21.9 Å². The minimum absolute atomic E-state index is 0.0141. The molecule has 0 aromatic heterocycles. The minimum atomic E-state index is -3.83. The molecule has 1 amide bonds. The van der Waals surface area contributed by atoms with Crippen LogP contribution in [0.2, 0.25) is 0 Å². The van der Waals surface area contributed by atoms with Crippen LogP contribution in [-0.2, 0) is 39.1 Å². The fourth-order valence-electron chi connectivity index (χ4n) is 3.82. The van der Waals surface area contributed by atoms with Crippen LogP contribution in [0.5, 0.6) is 0 Å². The normalized spacial score (nSPS) is 14.6. The first-order valence-electron chi connectivity index (χ1n) is 11.1. The van der Waals surface area contributed by atoms with E-state index in [0.717, 1.165) is 11.1 Å². The number of esters is 1. The summed E-state index contributed by atoms with van der Waals surface area (Å²) in [4.78, 5) is 24.9. The molecular weight excluding hydrogens is 471 g/mol. The molecule has 4 rings (SSSR count). The van der Waals surface area contributed by atoms with Gasteiger partial charge < -0.3 is 10.1 Å². The van der Waals surface area contributed by atoms with Crippen LogP contribution in [-0.4, -0.2) is 37.2 Å². The largest absolute Gasteiger partial charge is 0.449 e. The lowest BCUT2D eigenvalue weighted by atomic mass is 10.0. The van der Waals surface area contributed by atoms with Crippen LogP contribution in [0.15, 0.2) is 77.7 Å². The van der Waals surface area contributed by atoms with Gasteiger partial charge in [0.2, 0.25) is 10.0 Å². The minimum Gasteiger partial charge on any atom is -0.449 e. The molecule has 9 heteroatoms. The van der Waals surface area contributed by atoms with Gasteiger partial charge in [0.25, 0.3) is 5.91 Å². The third-order valence-electron chi connectivity index (χ3n) is 5.84. The molecule has 0 aliphatic carbocycles. The van der Waals surface area contributed by atoms with Crippen LogP contribution in [0, 0.1) is 5.82 Å². The maximum Gasteiger partial charge on any atom is 0.338 e. The number of carbonyl (C=O) groups excluding carboxylic acids is 2. The summed E-state index contributed by atoms with van der Waals surface area (Å²) in [5, 5.41) is 2.62. The number of amides is 1. The third kappa shape index (κ3) is 5.75. The molecule has 1 aliphatic heterocycles. The highest BCUT2D eigenvalue weighted by molar-refractivity contribution is 7.89. The van der Waals surface area contributed by atoms with E-state index in [1.807, 2.05) is 24.3 Å². The first-order chi connectivity index (χ1) is 16.7. The number of benzene rings is 3. The van der Waals surface area contributed by atoms with E-state index >= 15 is 0 Å². The van der Waals surface area contributed by atoms with E-state index < -0.39 is 28.0 Å². The number of rotatable bonds is 7. The lowest BCUT2D eigenvalue weighted by Gasteiger charge is -2.28. The van der Waals surface area contributed by atoms with Crippen molar-refractivity contribution in [3.05, 3.63) is 101 Å². The topological polar surface area (TPSA) is 92.8 Å². The van der Waals surface area contributed by atoms with Crippen molar-refractivity contribution in [1.29, 1.82) is 0 Å². The molecule has 0 saturated heterocycles. The van der Waals surface area contributed by atoms with Crippen molar-refractivity contribution in [2.75, 3.05) is 6.54 Å². The quantitative estimate of drug-likeness (QED) is 0.506. The number of sulfonamides is 1. The standard InChI is InChI=1S/C26H25FN2O5S/c1-18(25(30)28-16-19-9-11-23(27)12-10-19)34-26(31)21-7-4-8-24(15-21)35(32,33)29-14-13-20-5-2-3-6-22(20)17-29/h2-12,15,18H,13-14,16-17H2,1H3,(H,28,30). The average molecular weight is 497 g/mol. The molecule has 1 unspecified atom stereocenters. The summed E-state index contributed by atoms with van der Waals surface area (Å²) in [6, 6.07) is 19.0. The number of hydrogen-bond donors (Lipinski definition) is 1. The molecule has 0 bridgehead atoms. The zero-order valence-electron chi connectivity index (χ0n) is 19.1. The number of hydrogen-bond acceptors (Lipinski definition) is 5. The van der Waals surface area contributed by atoms with E-state index in [-0.39, 0.29) is 29.4 Å². The van der Waals surface area contributed by atoms with Crippen LogP contribution in [0.1, 0.15) is 34.0 Å². The number of nitrogens with one attached hydrogen (secondary N) is 1. The van der Waals surface area contributed by atoms with Crippen molar-refractivity contribution in [2.45, 2.75) is 37.4 Å². The first kappa shape index (κ1) is 24.6. The van der Waals surface area contributed by atoms with Crippen LogP contribution < -0.4 is 5.32 Å². The van der Waals surface area contributed by atoms with Gasteiger partial charge >= 0.3 is 5.97 Å². The van der Waals surface area contributed by atoms with Crippen molar-refractivity contribution in [2.24, 2.45) is 0 Å². The molecular formula is C26H25FN2O5S. The molecule has 0 radical (unpaired) electrons. The number of halogens is 1. The molecule has 1 atom stereocenters. The summed E-state index contributed by atoms with van der Waals surface area (Å²) >= 11 is 0. The smallest absolute Gasteiger partial charge is 0.338 e. The van der Waals surface area contributed by atoms with E-state index in [1.165, 1.54) is 47.6 Å². The van der Waals surface area contributed by atoms with Gasteiger partial charge in [-0.15, -0.1) is 0 Å². The highest BCUT2D eigenvalue weighted by Crippen LogP contribution is 2.25. The van der Waals surface area contributed by atoms with Crippen molar-refractivity contribution in [1.82, 2.24) is 9.62 Å². The zero-order valence-corrected chi connectivity index (χ0v) is 19.9. The molecule has 3 aromatic rings. The van der Waals surface area contributed by atoms with Gasteiger partial charge in [-0.05, 0) is 60.4 Å². The van der Waals surface area contributed by atoms with Gasteiger partial charge in [-0.3, -0.25) is 4.79 Å². The van der Waals surface area contributed by atoms with E-state index in [9.17, 15) is 22.4 Å². The van der Waals surface area contributed by atoms with E-state index in [1.54, 1.807) is 12.1 Å². The highest BCUT2D eigenvalue weighted by Gasteiger charge is 2.29. The molecule has 3 aromatic carbocycles. The predicted octanol–water partition coefficient (Wildman–Crippen LogP) is 3.43. The number of nitrogens with zero attached hydrogens (tertiary/aromatic N) is 1. The monoisotopic (exact) mass is 496 g/mol. The zero-order chi connectivity index (χ0) is 25.0. The molecule has 1 heterocycles. The van der Waals surface area contributed by atoms with Gasteiger partial charge in [0, 0.05) is 19.6 Å². The number of carbonyl (C=O) groups is 2. The van der Waals surface area contributed by atoms with Crippen LogP contribution in [0.25, 0.3) is 0 Å². The van der Waals surface area contributed by atoms with Gasteiger partial charge in [-0.2, -0.15) is 4.31 Å². The molecule has 182 valence electrons. The number of fused-ring (bicyclic) bond motifs is 1. The lowest BCUT2D eigenvalue weighted by Crippen LogP contribution is -2.36. The summed E-state index contributed by atoms with van der Waals surface area (Å²) < 4.78 is 46.1. The summed E-state index contributed by atoms with van der Waals surface area (Å²) in [7, 11) is -3.83. The highest BCUT2D eigenvalue weighted by atomic mass is 32.2. The Morgan fingerprint density at radius 2 is 1.74 bits per heavy atom. The third-order valence-corrected chi connectivity index (χ3v) is 7.68. The summed E-state index contributed by atoms with van der Waals surface area (Å²) in [6.07, 6.45) is -0.497.